The summed E-state index contributed by atoms with van der Waals surface area (Å²) in [6, 6.07) is 7.91. The van der Waals surface area contributed by atoms with Crippen molar-refractivity contribution in [1.82, 2.24) is 0 Å². The van der Waals surface area contributed by atoms with E-state index in [1.54, 1.807) is 0 Å². The molecular weight excluding hydrogens is 322 g/mol. The third-order valence-electron chi connectivity index (χ3n) is 2.84. The van der Waals surface area contributed by atoms with Crippen LogP contribution in [0.1, 0.15) is 11.1 Å². The van der Waals surface area contributed by atoms with Gasteiger partial charge in [-0.1, -0.05) is 12.1 Å². The van der Waals surface area contributed by atoms with Crippen molar-refractivity contribution in [2.24, 2.45) is 0 Å². The minimum absolute atomic E-state index is 0.150. The number of carbonyl (C=O) groups is 2. The zero-order valence-electron chi connectivity index (χ0n) is 12.5. The van der Waals surface area contributed by atoms with Crippen molar-refractivity contribution >= 4 is 23.3 Å². The van der Waals surface area contributed by atoms with Crippen LogP contribution >= 0.6 is 0 Å². The maximum absolute atomic E-state index is 12.9. The van der Waals surface area contributed by atoms with Gasteiger partial charge in [-0.2, -0.15) is 0 Å². The minimum Gasteiger partial charge on any atom is -0.481 e. The van der Waals surface area contributed by atoms with Crippen molar-refractivity contribution < 1.29 is 28.6 Å². The standard InChI is InChI=1S/2C8H8FNO2/c2*9-7-4-6(10)2-1-5(7)3-8(11)12/h2*1-2,4H,3,10H2,(H,11,12). The molecule has 24 heavy (non-hydrogen) atoms. The van der Waals surface area contributed by atoms with E-state index in [-0.39, 0.29) is 24.0 Å². The lowest BCUT2D eigenvalue weighted by atomic mass is 10.1. The molecular formula is C16H16F2N2O4. The first kappa shape index (κ1) is 18.9. The van der Waals surface area contributed by atoms with Gasteiger partial charge in [0, 0.05) is 11.4 Å². The number of rotatable bonds is 4. The Bertz CT molecular complexity index is 687. The fourth-order valence-corrected chi connectivity index (χ4v) is 1.74. The lowest BCUT2D eigenvalue weighted by Gasteiger charge is -1.99. The molecule has 6 nitrogen and oxygen atoms in total. The van der Waals surface area contributed by atoms with Crippen LogP contribution in [-0.4, -0.2) is 22.2 Å². The van der Waals surface area contributed by atoms with Crippen LogP contribution in [-0.2, 0) is 22.4 Å². The number of nitrogens with two attached hydrogens (primary N) is 2. The van der Waals surface area contributed by atoms with E-state index in [0.717, 1.165) is 12.1 Å². The highest BCUT2D eigenvalue weighted by molar-refractivity contribution is 5.71. The van der Waals surface area contributed by atoms with Gasteiger partial charge < -0.3 is 21.7 Å². The predicted octanol–water partition coefficient (Wildman–Crippen LogP) is 2.07. The van der Waals surface area contributed by atoms with Gasteiger partial charge in [0.05, 0.1) is 12.8 Å². The molecule has 2 aromatic rings. The molecule has 8 heteroatoms. The lowest BCUT2D eigenvalue weighted by molar-refractivity contribution is -0.137. The van der Waals surface area contributed by atoms with Gasteiger partial charge in [0.25, 0.3) is 0 Å². The van der Waals surface area contributed by atoms with Crippen LogP contribution in [0.5, 0.6) is 0 Å². The van der Waals surface area contributed by atoms with E-state index in [0.29, 0.717) is 11.4 Å². The number of carboxylic acid groups (broad SMARTS) is 2. The van der Waals surface area contributed by atoms with Crippen LogP contribution in [0, 0.1) is 11.6 Å². The van der Waals surface area contributed by atoms with Crippen LogP contribution in [0.2, 0.25) is 0 Å². The molecule has 0 aliphatic heterocycles. The van der Waals surface area contributed by atoms with Crippen molar-refractivity contribution in [1.29, 1.82) is 0 Å². The number of anilines is 2. The highest BCUT2D eigenvalue weighted by Gasteiger charge is 2.06. The summed E-state index contributed by atoms with van der Waals surface area (Å²) in [5, 5.41) is 16.7. The lowest BCUT2D eigenvalue weighted by Crippen LogP contribution is -2.02. The molecule has 0 heterocycles. The summed E-state index contributed by atoms with van der Waals surface area (Å²) in [6.07, 6.45) is -0.627. The summed E-state index contributed by atoms with van der Waals surface area (Å²) >= 11 is 0. The molecule has 0 fully saturated rings. The third-order valence-corrected chi connectivity index (χ3v) is 2.84. The molecule has 2 aromatic carbocycles. The van der Waals surface area contributed by atoms with Crippen molar-refractivity contribution in [3.63, 3.8) is 0 Å². The summed E-state index contributed by atoms with van der Waals surface area (Å²) < 4.78 is 25.7. The summed E-state index contributed by atoms with van der Waals surface area (Å²) in [5.74, 6) is -3.26. The second-order valence-corrected chi connectivity index (χ2v) is 4.84. The van der Waals surface area contributed by atoms with Crippen molar-refractivity contribution in [2.75, 3.05) is 11.5 Å². The number of nitrogen functional groups attached to an aromatic ring is 2. The van der Waals surface area contributed by atoms with E-state index in [2.05, 4.69) is 0 Å². The molecule has 0 saturated heterocycles. The van der Waals surface area contributed by atoms with Crippen LogP contribution in [0.25, 0.3) is 0 Å². The minimum atomic E-state index is -1.06. The quantitative estimate of drug-likeness (QED) is 0.632. The van der Waals surface area contributed by atoms with Crippen LogP contribution in [0.3, 0.4) is 0 Å². The largest absolute Gasteiger partial charge is 0.481 e. The molecule has 0 saturated carbocycles. The number of halogens is 2. The van der Waals surface area contributed by atoms with E-state index in [9.17, 15) is 18.4 Å². The van der Waals surface area contributed by atoms with E-state index in [4.69, 9.17) is 21.7 Å². The Labute approximate surface area is 136 Å². The maximum atomic E-state index is 12.9. The Morgan fingerprint density at radius 3 is 1.38 bits per heavy atom. The predicted molar refractivity (Wildman–Crippen MR) is 84.3 cm³/mol. The first-order valence-electron chi connectivity index (χ1n) is 6.70. The summed E-state index contributed by atoms with van der Waals surface area (Å²) in [4.78, 5) is 20.4. The molecule has 0 aliphatic carbocycles. The van der Waals surface area contributed by atoms with Crippen LogP contribution in [0.4, 0.5) is 20.2 Å². The molecule has 0 amide bonds. The van der Waals surface area contributed by atoms with Gasteiger partial charge in [0.15, 0.2) is 0 Å². The Morgan fingerprint density at radius 2 is 1.12 bits per heavy atom. The summed E-state index contributed by atoms with van der Waals surface area (Å²) in [7, 11) is 0. The molecule has 0 aliphatic rings. The SMILES string of the molecule is Nc1ccc(CC(=O)O)c(F)c1.Nc1ccc(CC(=O)O)c(F)c1. The Hall–Kier alpha value is -3.16. The number of aliphatic carboxylic acids is 2. The van der Waals surface area contributed by atoms with Gasteiger partial charge in [-0.25, -0.2) is 8.78 Å². The van der Waals surface area contributed by atoms with Crippen molar-refractivity contribution in [2.45, 2.75) is 12.8 Å². The Kier molecular flexibility index (Phi) is 6.66. The number of benzene rings is 2. The van der Waals surface area contributed by atoms with E-state index >= 15 is 0 Å². The molecule has 0 aromatic heterocycles. The molecule has 2 rings (SSSR count). The monoisotopic (exact) mass is 338 g/mol. The Morgan fingerprint density at radius 1 is 0.792 bits per heavy atom. The molecule has 6 N–H and O–H groups in total. The zero-order chi connectivity index (χ0) is 18.3. The molecule has 0 radical (unpaired) electrons. The van der Waals surface area contributed by atoms with Gasteiger partial charge in [-0.3, -0.25) is 9.59 Å². The van der Waals surface area contributed by atoms with Gasteiger partial charge >= 0.3 is 11.9 Å². The number of carboxylic acids is 2. The van der Waals surface area contributed by atoms with Crippen LogP contribution in [0.15, 0.2) is 36.4 Å². The van der Waals surface area contributed by atoms with Crippen LogP contribution < -0.4 is 11.5 Å². The fraction of sp³-hybridized carbons (Fsp3) is 0.125. The van der Waals surface area contributed by atoms with Gasteiger partial charge in [0.1, 0.15) is 11.6 Å². The summed E-state index contributed by atoms with van der Waals surface area (Å²) in [5.41, 5.74) is 11.4. The normalized spacial score (nSPS) is 9.75. The zero-order valence-corrected chi connectivity index (χ0v) is 12.5. The average molecular weight is 338 g/mol. The summed E-state index contributed by atoms with van der Waals surface area (Å²) in [6.45, 7) is 0. The maximum Gasteiger partial charge on any atom is 0.307 e. The number of hydrogen-bond acceptors (Lipinski definition) is 4. The second-order valence-electron chi connectivity index (χ2n) is 4.84. The van der Waals surface area contributed by atoms with Gasteiger partial charge in [-0.05, 0) is 35.4 Å². The molecule has 0 bridgehead atoms. The number of hydrogen-bond donors (Lipinski definition) is 4. The van der Waals surface area contributed by atoms with E-state index < -0.39 is 23.6 Å². The first-order chi connectivity index (χ1) is 11.2. The Balaban J connectivity index is 0.000000240. The van der Waals surface area contributed by atoms with E-state index in [1.807, 2.05) is 0 Å². The highest BCUT2D eigenvalue weighted by atomic mass is 19.1. The topological polar surface area (TPSA) is 127 Å². The van der Waals surface area contributed by atoms with E-state index in [1.165, 1.54) is 24.3 Å². The highest BCUT2D eigenvalue weighted by Crippen LogP contribution is 2.12. The molecule has 128 valence electrons. The van der Waals surface area contributed by atoms with Gasteiger partial charge in [-0.15, -0.1) is 0 Å². The molecule has 0 spiro atoms. The van der Waals surface area contributed by atoms with Crippen molar-refractivity contribution in [3.05, 3.63) is 59.2 Å². The average Bonchev–Trinajstić information content (AvgIpc) is 2.45. The second kappa shape index (κ2) is 8.47. The smallest absolute Gasteiger partial charge is 0.307 e. The van der Waals surface area contributed by atoms with Crippen molar-refractivity contribution in [3.8, 4) is 0 Å². The van der Waals surface area contributed by atoms with Gasteiger partial charge in [0.2, 0.25) is 0 Å². The molecule has 0 unspecified atom stereocenters. The molecule has 0 atom stereocenters. The first-order valence-corrected chi connectivity index (χ1v) is 6.70. The third kappa shape index (κ3) is 6.30. The fourth-order valence-electron chi connectivity index (χ4n) is 1.74.